The number of nitrogens with one attached hydrogen (secondary N) is 1. The van der Waals surface area contributed by atoms with Gasteiger partial charge in [0.2, 0.25) is 0 Å². The van der Waals surface area contributed by atoms with Crippen LogP contribution >= 0.6 is 0 Å². The van der Waals surface area contributed by atoms with Crippen molar-refractivity contribution in [2.45, 2.75) is 39.0 Å². The van der Waals surface area contributed by atoms with Gasteiger partial charge in [0.25, 0.3) is 0 Å². The lowest BCUT2D eigenvalue weighted by molar-refractivity contribution is -0.0135. The van der Waals surface area contributed by atoms with Crippen LogP contribution < -0.4 is 5.32 Å². The van der Waals surface area contributed by atoms with E-state index in [1.54, 1.807) is 0 Å². The predicted molar refractivity (Wildman–Crippen MR) is 81.9 cm³/mol. The molecule has 2 saturated heterocycles. The van der Waals surface area contributed by atoms with E-state index in [-0.39, 0.29) is 0 Å². The summed E-state index contributed by atoms with van der Waals surface area (Å²) in [4.78, 5) is 2.59. The Balaban J connectivity index is 1.88. The minimum absolute atomic E-state index is 0.348. The summed E-state index contributed by atoms with van der Waals surface area (Å²) in [5, 5.41) is 13.0. The van der Waals surface area contributed by atoms with E-state index in [1.165, 1.54) is 45.2 Å². The number of rotatable bonds is 7. The second-order valence-corrected chi connectivity index (χ2v) is 6.72. The molecule has 0 aromatic heterocycles. The average molecular weight is 284 g/mol. The van der Waals surface area contributed by atoms with Crippen molar-refractivity contribution < 1.29 is 9.84 Å². The maximum absolute atomic E-state index is 9.39. The summed E-state index contributed by atoms with van der Waals surface area (Å²) in [6.07, 6.45) is 5.97. The molecule has 4 heteroatoms. The van der Waals surface area contributed by atoms with E-state index in [9.17, 15) is 5.11 Å². The van der Waals surface area contributed by atoms with Crippen molar-refractivity contribution >= 4 is 0 Å². The first-order chi connectivity index (χ1) is 9.78. The molecular weight excluding hydrogens is 252 g/mol. The summed E-state index contributed by atoms with van der Waals surface area (Å²) in [5.41, 5.74) is 0.380. The van der Waals surface area contributed by atoms with E-state index in [2.05, 4.69) is 17.1 Å². The topological polar surface area (TPSA) is 44.7 Å². The van der Waals surface area contributed by atoms with Crippen molar-refractivity contribution in [1.29, 1.82) is 0 Å². The van der Waals surface area contributed by atoms with E-state index in [0.717, 1.165) is 32.8 Å². The third kappa shape index (κ3) is 4.69. The van der Waals surface area contributed by atoms with Gasteiger partial charge in [-0.05, 0) is 56.5 Å². The molecule has 2 N–H and O–H groups in total. The van der Waals surface area contributed by atoms with Crippen LogP contribution in [0.5, 0.6) is 0 Å². The van der Waals surface area contributed by atoms with Gasteiger partial charge in [-0.15, -0.1) is 0 Å². The zero-order valence-corrected chi connectivity index (χ0v) is 13.1. The minimum atomic E-state index is 0.348. The lowest BCUT2D eigenvalue weighted by Crippen LogP contribution is -2.50. The molecular formula is C16H32N2O2. The summed E-state index contributed by atoms with van der Waals surface area (Å²) < 4.78 is 5.58. The van der Waals surface area contributed by atoms with Crippen LogP contribution in [-0.4, -0.2) is 62.6 Å². The normalized spacial score (nSPS) is 27.6. The number of piperidine rings is 1. The number of nitrogens with zero attached hydrogens (tertiary/aromatic N) is 1. The maximum Gasteiger partial charge on any atom is 0.0472 e. The molecule has 0 spiro atoms. The zero-order valence-electron chi connectivity index (χ0n) is 13.1. The Morgan fingerprint density at radius 3 is 2.85 bits per heavy atom. The maximum atomic E-state index is 9.39. The lowest BCUT2D eigenvalue weighted by atomic mass is 9.79. The van der Waals surface area contributed by atoms with Crippen molar-refractivity contribution in [3.63, 3.8) is 0 Å². The van der Waals surface area contributed by atoms with Gasteiger partial charge in [-0.3, -0.25) is 0 Å². The van der Waals surface area contributed by atoms with Gasteiger partial charge < -0.3 is 20.1 Å². The van der Waals surface area contributed by atoms with Crippen LogP contribution in [0.1, 0.15) is 39.0 Å². The number of hydrogen-bond donors (Lipinski definition) is 2. The Kier molecular flexibility index (Phi) is 6.75. The molecule has 0 radical (unpaired) electrons. The predicted octanol–water partition coefficient (Wildman–Crippen LogP) is 1.49. The molecule has 0 aromatic carbocycles. The Bertz CT molecular complexity index is 267. The largest absolute Gasteiger partial charge is 0.396 e. The molecule has 2 aliphatic heterocycles. The molecule has 20 heavy (non-hydrogen) atoms. The summed E-state index contributed by atoms with van der Waals surface area (Å²) >= 11 is 0. The van der Waals surface area contributed by atoms with Gasteiger partial charge in [0, 0.05) is 39.5 Å². The van der Waals surface area contributed by atoms with Gasteiger partial charge in [-0.1, -0.05) is 6.92 Å². The van der Waals surface area contributed by atoms with Gasteiger partial charge in [0.15, 0.2) is 0 Å². The summed E-state index contributed by atoms with van der Waals surface area (Å²) in [5.74, 6) is 0.490. The smallest absolute Gasteiger partial charge is 0.0472 e. The Labute approximate surface area is 123 Å². The molecule has 118 valence electrons. The Morgan fingerprint density at radius 2 is 2.15 bits per heavy atom. The van der Waals surface area contributed by atoms with Crippen LogP contribution in [0.4, 0.5) is 0 Å². The van der Waals surface area contributed by atoms with E-state index in [1.807, 2.05) is 0 Å². The van der Waals surface area contributed by atoms with E-state index < -0.39 is 0 Å². The van der Waals surface area contributed by atoms with Crippen LogP contribution in [0.25, 0.3) is 0 Å². The van der Waals surface area contributed by atoms with Crippen molar-refractivity contribution in [3.8, 4) is 0 Å². The second-order valence-electron chi connectivity index (χ2n) is 6.72. The first-order valence-electron chi connectivity index (χ1n) is 8.40. The van der Waals surface area contributed by atoms with Crippen molar-refractivity contribution in [2.24, 2.45) is 11.3 Å². The van der Waals surface area contributed by atoms with Crippen LogP contribution in [0, 0.1) is 11.3 Å². The monoisotopic (exact) mass is 284 g/mol. The molecule has 1 atom stereocenters. The first kappa shape index (κ1) is 16.2. The van der Waals surface area contributed by atoms with Gasteiger partial charge in [0.05, 0.1) is 0 Å². The van der Waals surface area contributed by atoms with Gasteiger partial charge in [-0.25, -0.2) is 0 Å². The number of ether oxygens (including phenoxy) is 1. The number of aliphatic hydroxyl groups is 1. The Morgan fingerprint density at radius 1 is 1.35 bits per heavy atom. The fraction of sp³-hybridized carbons (Fsp3) is 1.00. The van der Waals surface area contributed by atoms with Crippen molar-refractivity contribution in [2.75, 3.05) is 52.5 Å². The first-order valence-corrected chi connectivity index (χ1v) is 8.40. The van der Waals surface area contributed by atoms with Gasteiger partial charge >= 0.3 is 0 Å². The van der Waals surface area contributed by atoms with E-state index >= 15 is 0 Å². The van der Waals surface area contributed by atoms with Crippen molar-refractivity contribution in [3.05, 3.63) is 0 Å². The fourth-order valence-electron chi connectivity index (χ4n) is 3.64. The van der Waals surface area contributed by atoms with E-state index in [4.69, 9.17) is 4.74 Å². The zero-order chi connectivity index (χ0) is 14.3. The molecule has 2 rings (SSSR count). The second kappa shape index (κ2) is 8.32. The number of likely N-dealkylation sites (tertiary alicyclic amines) is 1. The standard InChI is InChI=1S/C16H32N2O2/c1-2-7-17-13-16(5-9-20-10-6-16)14-18-8-3-4-15(11-18)12-19/h15,17,19H,2-14H2,1H3. The molecule has 0 saturated carbocycles. The highest BCUT2D eigenvalue weighted by Gasteiger charge is 2.35. The molecule has 1 unspecified atom stereocenters. The Hall–Kier alpha value is -0.160. The molecule has 2 heterocycles. The van der Waals surface area contributed by atoms with Gasteiger partial charge in [-0.2, -0.15) is 0 Å². The third-order valence-corrected chi connectivity index (χ3v) is 4.90. The molecule has 0 amide bonds. The molecule has 0 aliphatic carbocycles. The summed E-state index contributed by atoms with van der Waals surface area (Å²) in [6.45, 7) is 10.1. The highest BCUT2D eigenvalue weighted by molar-refractivity contribution is 4.88. The van der Waals surface area contributed by atoms with Crippen molar-refractivity contribution in [1.82, 2.24) is 10.2 Å². The molecule has 4 nitrogen and oxygen atoms in total. The molecule has 2 aliphatic rings. The van der Waals surface area contributed by atoms with Crippen LogP contribution in [0.3, 0.4) is 0 Å². The lowest BCUT2D eigenvalue weighted by Gasteiger charge is -2.43. The number of aliphatic hydroxyl groups excluding tert-OH is 1. The summed E-state index contributed by atoms with van der Waals surface area (Å²) in [7, 11) is 0. The average Bonchev–Trinajstić information content (AvgIpc) is 2.48. The quantitative estimate of drug-likeness (QED) is 0.695. The SMILES string of the molecule is CCCNCC1(CN2CCCC(CO)C2)CCOCC1. The van der Waals surface area contributed by atoms with Gasteiger partial charge in [0.1, 0.15) is 0 Å². The molecule has 0 bridgehead atoms. The molecule has 0 aromatic rings. The van der Waals surface area contributed by atoms with Crippen LogP contribution in [0.15, 0.2) is 0 Å². The number of hydrogen-bond acceptors (Lipinski definition) is 4. The van der Waals surface area contributed by atoms with Crippen LogP contribution in [-0.2, 0) is 4.74 Å². The highest BCUT2D eigenvalue weighted by atomic mass is 16.5. The summed E-state index contributed by atoms with van der Waals surface area (Å²) in [6, 6.07) is 0. The fourth-order valence-corrected chi connectivity index (χ4v) is 3.64. The highest BCUT2D eigenvalue weighted by Crippen LogP contribution is 2.32. The third-order valence-electron chi connectivity index (χ3n) is 4.90. The van der Waals surface area contributed by atoms with E-state index in [0.29, 0.717) is 17.9 Å². The minimum Gasteiger partial charge on any atom is -0.396 e. The van der Waals surface area contributed by atoms with Crippen LogP contribution in [0.2, 0.25) is 0 Å². The molecule has 2 fully saturated rings.